The molecule has 2 aromatic heterocycles. The van der Waals surface area contributed by atoms with Crippen molar-refractivity contribution in [3.8, 4) is 0 Å². The predicted octanol–water partition coefficient (Wildman–Crippen LogP) is 0.821. The van der Waals surface area contributed by atoms with Gasteiger partial charge in [0.2, 0.25) is 0 Å². The number of pyridine rings is 1. The summed E-state index contributed by atoms with van der Waals surface area (Å²) in [6, 6.07) is 5.82. The second kappa shape index (κ2) is 8.21. The Morgan fingerprint density at radius 3 is 3.05 bits per heavy atom. The maximum Gasteiger partial charge on any atom is 0.191 e. The summed E-state index contributed by atoms with van der Waals surface area (Å²) in [7, 11) is 1.70. The molecule has 0 saturated carbocycles. The van der Waals surface area contributed by atoms with Crippen LogP contribution in [0.25, 0.3) is 5.65 Å². The van der Waals surface area contributed by atoms with E-state index in [1.54, 1.807) is 7.11 Å². The standard InChI is InChI=1S/C14H22N6O/c1-3-15-14(16-8-6-10-21-2)17-11-13-19-18-12-7-4-5-9-20(12)13/h4-5,7,9H,3,6,8,10-11H2,1-2H3,(H2,15,16,17). The first-order valence-electron chi connectivity index (χ1n) is 7.15. The molecule has 0 aliphatic heterocycles. The summed E-state index contributed by atoms with van der Waals surface area (Å²) in [4.78, 5) is 4.53. The van der Waals surface area contributed by atoms with Gasteiger partial charge in [-0.2, -0.15) is 0 Å². The zero-order valence-electron chi connectivity index (χ0n) is 12.5. The van der Waals surface area contributed by atoms with Gasteiger partial charge in [0.15, 0.2) is 17.4 Å². The van der Waals surface area contributed by atoms with E-state index in [1.807, 2.05) is 35.7 Å². The molecule has 0 unspecified atom stereocenters. The molecule has 2 N–H and O–H groups in total. The van der Waals surface area contributed by atoms with Crippen molar-refractivity contribution in [3.05, 3.63) is 30.2 Å². The normalized spacial score (nSPS) is 11.8. The summed E-state index contributed by atoms with van der Waals surface area (Å²) in [6.07, 6.45) is 2.88. The number of nitrogens with one attached hydrogen (secondary N) is 2. The summed E-state index contributed by atoms with van der Waals surface area (Å²) in [5, 5.41) is 14.8. The van der Waals surface area contributed by atoms with Crippen molar-refractivity contribution in [3.63, 3.8) is 0 Å². The van der Waals surface area contributed by atoms with Crippen molar-refractivity contribution >= 4 is 11.6 Å². The van der Waals surface area contributed by atoms with Crippen LogP contribution in [0, 0.1) is 0 Å². The van der Waals surface area contributed by atoms with E-state index in [0.717, 1.165) is 43.5 Å². The lowest BCUT2D eigenvalue weighted by atomic mass is 10.4. The molecule has 2 rings (SSSR count). The molecule has 0 bridgehead atoms. The number of aromatic nitrogens is 3. The largest absolute Gasteiger partial charge is 0.385 e. The molecule has 114 valence electrons. The fraction of sp³-hybridized carbons (Fsp3) is 0.500. The molecule has 0 aliphatic rings. The Morgan fingerprint density at radius 1 is 1.33 bits per heavy atom. The van der Waals surface area contributed by atoms with Crippen LogP contribution in [0.15, 0.2) is 29.4 Å². The maximum atomic E-state index is 5.03. The Hall–Kier alpha value is -2.15. The first-order chi connectivity index (χ1) is 10.3. The highest BCUT2D eigenvalue weighted by Crippen LogP contribution is 2.03. The van der Waals surface area contributed by atoms with Crippen LogP contribution in [0.5, 0.6) is 0 Å². The van der Waals surface area contributed by atoms with Crippen molar-refractivity contribution in [2.75, 3.05) is 26.8 Å². The lowest BCUT2D eigenvalue weighted by Gasteiger charge is -2.10. The van der Waals surface area contributed by atoms with Gasteiger partial charge < -0.3 is 15.4 Å². The van der Waals surface area contributed by atoms with Gasteiger partial charge in [-0.3, -0.25) is 4.40 Å². The number of hydrogen-bond donors (Lipinski definition) is 2. The van der Waals surface area contributed by atoms with Gasteiger partial charge in [-0.05, 0) is 25.5 Å². The first-order valence-corrected chi connectivity index (χ1v) is 7.15. The Kier molecular flexibility index (Phi) is 5.96. The van der Waals surface area contributed by atoms with Gasteiger partial charge in [0.25, 0.3) is 0 Å². The van der Waals surface area contributed by atoms with Crippen LogP contribution in [-0.2, 0) is 11.3 Å². The lowest BCUT2D eigenvalue weighted by molar-refractivity contribution is 0.195. The van der Waals surface area contributed by atoms with Crippen molar-refractivity contribution in [1.29, 1.82) is 0 Å². The van der Waals surface area contributed by atoms with Crippen LogP contribution < -0.4 is 10.6 Å². The van der Waals surface area contributed by atoms with E-state index >= 15 is 0 Å². The number of rotatable bonds is 7. The van der Waals surface area contributed by atoms with E-state index in [0.29, 0.717) is 6.54 Å². The highest BCUT2D eigenvalue weighted by molar-refractivity contribution is 5.79. The van der Waals surface area contributed by atoms with E-state index in [-0.39, 0.29) is 0 Å². The summed E-state index contributed by atoms with van der Waals surface area (Å²) >= 11 is 0. The second-order valence-electron chi connectivity index (χ2n) is 4.51. The number of nitrogens with zero attached hydrogens (tertiary/aromatic N) is 4. The van der Waals surface area contributed by atoms with Crippen LogP contribution in [0.1, 0.15) is 19.2 Å². The highest BCUT2D eigenvalue weighted by Gasteiger charge is 2.04. The minimum atomic E-state index is 0.477. The molecule has 0 saturated heterocycles. The molecule has 0 atom stereocenters. The number of fused-ring (bicyclic) bond motifs is 1. The molecule has 0 radical (unpaired) electrons. The SMILES string of the molecule is CCNC(=NCc1nnc2ccccn12)NCCCOC. The third-order valence-corrected chi connectivity index (χ3v) is 2.92. The Labute approximate surface area is 124 Å². The third kappa shape index (κ3) is 4.42. The topological polar surface area (TPSA) is 75.8 Å². The van der Waals surface area contributed by atoms with Crippen molar-refractivity contribution in [1.82, 2.24) is 25.2 Å². The van der Waals surface area contributed by atoms with Crippen LogP contribution >= 0.6 is 0 Å². The van der Waals surface area contributed by atoms with Crippen molar-refractivity contribution < 1.29 is 4.74 Å². The molecule has 7 heteroatoms. The van der Waals surface area contributed by atoms with Gasteiger partial charge in [0.05, 0.1) is 0 Å². The van der Waals surface area contributed by atoms with Crippen LogP contribution in [0.4, 0.5) is 0 Å². The number of hydrogen-bond acceptors (Lipinski definition) is 4. The maximum absolute atomic E-state index is 5.03. The number of guanidine groups is 1. The van der Waals surface area contributed by atoms with E-state index in [1.165, 1.54) is 0 Å². The summed E-state index contributed by atoms with van der Waals surface area (Å²) in [6.45, 7) is 4.89. The molecule has 0 aliphatic carbocycles. The second-order valence-corrected chi connectivity index (χ2v) is 4.51. The average Bonchev–Trinajstić information content (AvgIpc) is 2.92. The van der Waals surface area contributed by atoms with Crippen molar-refractivity contribution in [2.24, 2.45) is 4.99 Å². The molecular weight excluding hydrogens is 268 g/mol. The highest BCUT2D eigenvalue weighted by atomic mass is 16.5. The molecule has 2 heterocycles. The van der Waals surface area contributed by atoms with Gasteiger partial charge in [-0.1, -0.05) is 6.07 Å². The van der Waals surface area contributed by atoms with Gasteiger partial charge in [0, 0.05) is 33.0 Å². The third-order valence-electron chi connectivity index (χ3n) is 2.92. The first kappa shape index (κ1) is 15.2. The molecule has 0 fully saturated rings. The summed E-state index contributed by atoms with van der Waals surface area (Å²) in [5.41, 5.74) is 0.834. The number of aliphatic imine (C=N–C) groups is 1. The Balaban J connectivity index is 1.98. The van der Waals surface area contributed by atoms with Crippen molar-refractivity contribution in [2.45, 2.75) is 19.9 Å². The zero-order chi connectivity index (χ0) is 14.9. The number of methoxy groups -OCH3 is 1. The predicted molar refractivity (Wildman–Crippen MR) is 82.3 cm³/mol. The zero-order valence-corrected chi connectivity index (χ0v) is 12.5. The fourth-order valence-corrected chi connectivity index (χ4v) is 1.91. The Morgan fingerprint density at radius 2 is 2.24 bits per heavy atom. The molecule has 21 heavy (non-hydrogen) atoms. The Bertz CT molecular complexity index is 580. The quantitative estimate of drug-likeness (QED) is 0.448. The van der Waals surface area contributed by atoms with Crippen LogP contribution in [-0.4, -0.2) is 47.4 Å². The van der Waals surface area contributed by atoms with E-state index in [9.17, 15) is 0 Å². The van der Waals surface area contributed by atoms with Gasteiger partial charge in [-0.15, -0.1) is 10.2 Å². The molecule has 0 spiro atoms. The molecular formula is C14H22N6O. The van der Waals surface area contributed by atoms with E-state index < -0.39 is 0 Å². The lowest BCUT2D eigenvalue weighted by Crippen LogP contribution is -2.38. The molecule has 7 nitrogen and oxygen atoms in total. The fourth-order valence-electron chi connectivity index (χ4n) is 1.91. The van der Waals surface area contributed by atoms with Crippen LogP contribution in [0.2, 0.25) is 0 Å². The number of ether oxygens (including phenoxy) is 1. The summed E-state index contributed by atoms with van der Waals surface area (Å²) < 4.78 is 6.97. The minimum absolute atomic E-state index is 0.477. The van der Waals surface area contributed by atoms with E-state index in [2.05, 4.69) is 25.8 Å². The van der Waals surface area contributed by atoms with Gasteiger partial charge in [-0.25, -0.2) is 4.99 Å². The molecule has 0 amide bonds. The monoisotopic (exact) mass is 290 g/mol. The van der Waals surface area contributed by atoms with Crippen LogP contribution in [0.3, 0.4) is 0 Å². The summed E-state index contributed by atoms with van der Waals surface area (Å²) in [5.74, 6) is 1.60. The minimum Gasteiger partial charge on any atom is -0.385 e. The van der Waals surface area contributed by atoms with E-state index in [4.69, 9.17) is 4.74 Å². The smallest absolute Gasteiger partial charge is 0.191 e. The molecule has 2 aromatic rings. The van der Waals surface area contributed by atoms with Gasteiger partial charge in [0.1, 0.15) is 6.54 Å². The average molecular weight is 290 g/mol. The van der Waals surface area contributed by atoms with Gasteiger partial charge >= 0.3 is 0 Å². The molecule has 0 aromatic carbocycles.